The number of hydrogen-bond donors (Lipinski definition) is 3. The van der Waals surface area contributed by atoms with E-state index in [1.54, 1.807) is 13.4 Å². The number of carbonyl (C=O) groups is 2. The third-order valence-corrected chi connectivity index (χ3v) is 2.09. The van der Waals surface area contributed by atoms with E-state index in [4.69, 9.17) is 19.7 Å². The quantitative estimate of drug-likeness (QED) is 0.453. The molecule has 3 N–H and O–H groups in total. The summed E-state index contributed by atoms with van der Waals surface area (Å²) in [7, 11) is 1.67. The summed E-state index contributed by atoms with van der Waals surface area (Å²) in [6.07, 6.45) is 6.67. The molecular formula is C13H20N2O6. The Balaban J connectivity index is 0.000000433. The van der Waals surface area contributed by atoms with E-state index >= 15 is 0 Å². The zero-order valence-corrected chi connectivity index (χ0v) is 11.8. The zero-order valence-electron chi connectivity index (χ0n) is 11.8. The van der Waals surface area contributed by atoms with E-state index in [0.717, 1.165) is 25.1 Å². The van der Waals surface area contributed by atoms with Crippen LogP contribution in [0.4, 0.5) is 0 Å². The minimum Gasteiger partial charge on any atom is -0.478 e. The molecule has 0 unspecified atom stereocenters. The van der Waals surface area contributed by atoms with Crippen molar-refractivity contribution in [2.75, 3.05) is 26.9 Å². The highest BCUT2D eigenvalue weighted by atomic mass is 16.5. The highest BCUT2D eigenvalue weighted by molar-refractivity contribution is 5.89. The SMILES string of the molecule is COCCOCCCc1cnc[nH]1.O=C(O)/C=C\C(=O)O. The number of carboxylic acids is 2. The molecule has 0 spiro atoms. The number of aliphatic carboxylic acids is 2. The lowest BCUT2D eigenvalue weighted by molar-refractivity contribution is -0.134. The van der Waals surface area contributed by atoms with E-state index in [-0.39, 0.29) is 0 Å². The van der Waals surface area contributed by atoms with Gasteiger partial charge in [-0.1, -0.05) is 0 Å². The van der Waals surface area contributed by atoms with Gasteiger partial charge >= 0.3 is 11.9 Å². The molecule has 0 aromatic carbocycles. The number of nitrogens with one attached hydrogen (secondary N) is 1. The largest absolute Gasteiger partial charge is 0.478 e. The Bertz CT molecular complexity index is 400. The third-order valence-electron chi connectivity index (χ3n) is 2.09. The van der Waals surface area contributed by atoms with Crippen molar-refractivity contribution < 1.29 is 29.3 Å². The van der Waals surface area contributed by atoms with Gasteiger partial charge in [0.05, 0.1) is 19.5 Å². The van der Waals surface area contributed by atoms with E-state index < -0.39 is 11.9 Å². The van der Waals surface area contributed by atoms with Gasteiger partial charge < -0.3 is 24.7 Å². The number of nitrogens with zero attached hydrogens (tertiary/aromatic N) is 1. The van der Waals surface area contributed by atoms with E-state index in [0.29, 0.717) is 25.4 Å². The smallest absolute Gasteiger partial charge is 0.328 e. The Morgan fingerprint density at radius 2 is 1.90 bits per heavy atom. The van der Waals surface area contributed by atoms with Gasteiger partial charge in [0.1, 0.15) is 0 Å². The number of methoxy groups -OCH3 is 1. The van der Waals surface area contributed by atoms with E-state index in [1.807, 2.05) is 6.20 Å². The van der Waals surface area contributed by atoms with Gasteiger partial charge in [0.2, 0.25) is 0 Å². The lowest BCUT2D eigenvalue weighted by Crippen LogP contribution is -2.03. The van der Waals surface area contributed by atoms with Crippen LogP contribution in [0.5, 0.6) is 0 Å². The molecule has 118 valence electrons. The Kier molecular flexibility index (Phi) is 11.5. The molecule has 0 radical (unpaired) electrons. The van der Waals surface area contributed by atoms with Crippen molar-refractivity contribution in [1.82, 2.24) is 9.97 Å². The maximum absolute atomic E-state index is 9.55. The van der Waals surface area contributed by atoms with Crippen LogP contribution in [0.1, 0.15) is 12.1 Å². The molecule has 21 heavy (non-hydrogen) atoms. The summed E-state index contributed by atoms with van der Waals surface area (Å²) in [5.74, 6) is -2.51. The van der Waals surface area contributed by atoms with E-state index in [2.05, 4.69) is 9.97 Å². The summed E-state index contributed by atoms with van der Waals surface area (Å²) in [6, 6.07) is 0. The molecule has 1 rings (SSSR count). The minimum absolute atomic E-state index is 0.558. The van der Waals surface area contributed by atoms with Gasteiger partial charge in [0.15, 0.2) is 0 Å². The summed E-state index contributed by atoms with van der Waals surface area (Å²) < 4.78 is 10.2. The average Bonchev–Trinajstić information content (AvgIpc) is 2.94. The van der Waals surface area contributed by atoms with Crippen LogP contribution in [-0.4, -0.2) is 59.1 Å². The number of aryl methyl sites for hydroxylation is 1. The maximum atomic E-state index is 9.55. The molecule has 0 saturated carbocycles. The molecule has 1 aromatic heterocycles. The molecular weight excluding hydrogens is 280 g/mol. The summed E-state index contributed by atoms with van der Waals surface area (Å²) >= 11 is 0. The zero-order chi connectivity index (χ0) is 15.9. The standard InChI is InChI=1S/C9H16N2O2.C4H4O4/c1-12-5-6-13-4-2-3-9-7-10-8-11-9;5-3(6)1-2-4(7)8/h7-8H,2-6H2,1H3,(H,10,11);1-2H,(H,5,6)(H,7,8)/b;2-1-. The van der Waals surface area contributed by atoms with Crippen LogP contribution in [0.3, 0.4) is 0 Å². The van der Waals surface area contributed by atoms with Gasteiger partial charge in [-0.05, 0) is 12.8 Å². The molecule has 1 aromatic rings. The van der Waals surface area contributed by atoms with Crippen LogP contribution >= 0.6 is 0 Å². The number of aromatic nitrogens is 2. The van der Waals surface area contributed by atoms with Crippen molar-refractivity contribution in [2.24, 2.45) is 0 Å². The van der Waals surface area contributed by atoms with Crippen LogP contribution in [0.15, 0.2) is 24.7 Å². The highest BCUT2D eigenvalue weighted by Crippen LogP contribution is 1.96. The summed E-state index contributed by atoms with van der Waals surface area (Å²) in [5.41, 5.74) is 1.16. The number of ether oxygens (including phenoxy) is 2. The number of H-pyrrole nitrogens is 1. The average molecular weight is 300 g/mol. The van der Waals surface area contributed by atoms with Crippen LogP contribution in [0, 0.1) is 0 Å². The van der Waals surface area contributed by atoms with Crippen molar-refractivity contribution in [3.05, 3.63) is 30.4 Å². The molecule has 0 bridgehead atoms. The van der Waals surface area contributed by atoms with E-state index in [1.165, 1.54) is 0 Å². The fourth-order valence-corrected chi connectivity index (χ4v) is 1.17. The molecule has 0 amide bonds. The predicted molar refractivity (Wildman–Crippen MR) is 74.0 cm³/mol. The van der Waals surface area contributed by atoms with Crippen LogP contribution < -0.4 is 0 Å². The molecule has 0 aliphatic carbocycles. The van der Waals surface area contributed by atoms with Gasteiger partial charge in [-0.25, -0.2) is 14.6 Å². The second-order valence-electron chi connectivity index (χ2n) is 3.80. The van der Waals surface area contributed by atoms with Gasteiger partial charge in [0, 0.05) is 37.8 Å². The molecule has 8 heteroatoms. The first kappa shape index (κ1) is 18.8. The first-order valence-electron chi connectivity index (χ1n) is 6.24. The summed E-state index contributed by atoms with van der Waals surface area (Å²) in [6.45, 7) is 2.13. The molecule has 0 fully saturated rings. The Morgan fingerprint density at radius 3 is 2.38 bits per heavy atom. The van der Waals surface area contributed by atoms with E-state index in [9.17, 15) is 9.59 Å². The predicted octanol–water partition coefficient (Wildman–Crippen LogP) is 0.717. The van der Waals surface area contributed by atoms with Crippen molar-refractivity contribution >= 4 is 11.9 Å². The molecule has 0 saturated heterocycles. The van der Waals surface area contributed by atoms with Crippen LogP contribution in [-0.2, 0) is 25.5 Å². The Labute approximate surface area is 122 Å². The number of aromatic amines is 1. The topological polar surface area (TPSA) is 122 Å². The van der Waals surface area contributed by atoms with Crippen LogP contribution in [0.2, 0.25) is 0 Å². The van der Waals surface area contributed by atoms with Gasteiger partial charge in [-0.3, -0.25) is 0 Å². The maximum Gasteiger partial charge on any atom is 0.328 e. The molecule has 0 aliphatic heterocycles. The van der Waals surface area contributed by atoms with Gasteiger partial charge in [0.25, 0.3) is 0 Å². The first-order chi connectivity index (χ1) is 10.1. The van der Waals surface area contributed by atoms with Gasteiger partial charge in [-0.2, -0.15) is 0 Å². The minimum atomic E-state index is -1.26. The number of rotatable bonds is 9. The van der Waals surface area contributed by atoms with Crippen molar-refractivity contribution in [3.63, 3.8) is 0 Å². The summed E-state index contributed by atoms with van der Waals surface area (Å²) in [5, 5.41) is 15.6. The second kappa shape index (κ2) is 12.8. The number of carboxylic acid groups (broad SMARTS) is 2. The molecule has 0 atom stereocenters. The van der Waals surface area contributed by atoms with Crippen molar-refractivity contribution in [1.29, 1.82) is 0 Å². The van der Waals surface area contributed by atoms with Gasteiger partial charge in [-0.15, -0.1) is 0 Å². The molecule has 0 aliphatic rings. The lowest BCUT2D eigenvalue weighted by atomic mass is 10.3. The van der Waals surface area contributed by atoms with Crippen molar-refractivity contribution in [2.45, 2.75) is 12.8 Å². The number of imidazole rings is 1. The second-order valence-corrected chi connectivity index (χ2v) is 3.80. The fraction of sp³-hybridized carbons (Fsp3) is 0.462. The van der Waals surface area contributed by atoms with Crippen molar-refractivity contribution in [3.8, 4) is 0 Å². The molecule has 1 heterocycles. The van der Waals surface area contributed by atoms with Crippen LogP contribution in [0.25, 0.3) is 0 Å². The Hall–Kier alpha value is -2.19. The molecule has 8 nitrogen and oxygen atoms in total. The highest BCUT2D eigenvalue weighted by Gasteiger charge is 1.93. The fourth-order valence-electron chi connectivity index (χ4n) is 1.17. The number of hydrogen-bond acceptors (Lipinski definition) is 5. The first-order valence-corrected chi connectivity index (χ1v) is 6.24. The normalized spacial score (nSPS) is 10.1. The Morgan fingerprint density at radius 1 is 1.24 bits per heavy atom. The summed E-state index contributed by atoms with van der Waals surface area (Å²) in [4.78, 5) is 26.1. The third kappa shape index (κ3) is 14.0. The lowest BCUT2D eigenvalue weighted by Gasteiger charge is -2.01. The monoisotopic (exact) mass is 300 g/mol.